The minimum Gasteiger partial charge on any atom is -0.448 e. The fourth-order valence-corrected chi connectivity index (χ4v) is 5.87. The number of carbonyl (C=O) groups excluding carboxylic acids is 2. The van der Waals surface area contributed by atoms with Gasteiger partial charge in [0.25, 0.3) is 5.91 Å². The third-order valence-electron chi connectivity index (χ3n) is 6.46. The predicted molar refractivity (Wildman–Crippen MR) is 126 cm³/mol. The Labute approximate surface area is 196 Å². The lowest BCUT2D eigenvalue weighted by Crippen LogP contribution is -2.64. The predicted octanol–water partition coefficient (Wildman–Crippen LogP) is 2.57. The molecule has 3 fully saturated rings. The van der Waals surface area contributed by atoms with Crippen molar-refractivity contribution in [2.75, 3.05) is 5.75 Å². The number of nitrogens with one attached hydrogen (secondary N) is 2. The van der Waals surface area contributed by atoms with Crippen molar-refractivity contribution in [1.82, 2.24) is 15.5 Å². The zero-order valence-corrected chi connectivity index (χ0v) is 18.9. The van der Waals surface area contributed by atoms with Crippen LogP contribution in [0, 0.1) is 0 Å². The lowest BCUT2D eigenvalue weighted by Gasteiger charge is -2.48. The van der Waals surface area contributed by atoms with E-state index in [0.717, 1.165) is 23.1 Å². The summed E-state index contributed by atoms with van der Waals surface area (Å²) in [7, 11) is 0. The van der Waals surface area contributed by atoms with Gasteiger partial charge in [-0.2, -0.15) is 0 Å². The minimum absolute atomic E-state index is 0.161. The van der Waals surface area contributed by atoms with Crippen LogP contribution in [0.3, 0.4) is 0 Å². The van der Waals surface area contributed by atoms with Crippen molar-refractivity contribution in [1.29, 1.82) is 0 Å². The molecule has 0 bridgehead atoms. The summed E-state index contributed by atoms with van der Waals surface area (Å²) in [6, 6.07) is 19.7. The van der Waals surface area contributed by atoms with Gasteiger partial charge in [-0.15, -0.1) is 11.8 Å². The van der Waals surface area contributed by atoms with Gasteiger partial charge < -0.3 is 15.4 Å². The summed E-state index contributed by atoms with van der Waals surface area (Å²) in [4.78, 5) is 32.7. The summed E-state index contributed by atoms with van der Waals surface area (Å²) >= 11 is 1.64. The van der Waals surface area contributed by atoms with Crippen LogP contribution in [0.25, 0.3) is 0 Å². The Hall–Kier alpha value is -3.26. The van der Waals surface area contributed by atoms with E-state index in [1.165, 1.54) is 0 Å². The third kappa shape index (κ3) is 3.58. The number of hydrogen-bond donors (Lipinski definition) is 2. The van der Waals surface area contributed by atoms with E-state index in [-0.39, 0.29) is 11.3 Å². The zero-order valence-electron chi connectivity index (χ0n) is 18.1. The number of guanidine groups is 1. The monoisotopic (exact) mass is 460 g/mol. The van der Waals surface area contributed by atoms with Gasteiger partial charge in [0.15, 0.2) is 18.1 Å². The fraction of sp³-hybridized carbons (Fsp3) is 0.320. The third-order valence-corrected chi connectivity index (χ3v) is 7.87. The standard InChI is InChI=1S/C25H24N4O3S/c1-14-13-33-23-19(28-25-26-17-12-18(17)27-25)22(30)29(23)20(14)24(31)32-21(15-8-4-2-5-9-15)16-10-6-3-7-11-16/h2-11,17-19,21,23H,12-13H2,1H3,(H2,26,27,28)/t17?,18?,19-,23?/m1/s1. The molecule has 2 aromatic rings. The molecule has 1 aliphatic carbocycles. The highest BCUT2D eigenvalue weighted by Crippen LogP contribution is 2.43. The smallest absolute Gasteiger partial charge is 0.356 e. The average Bonchev–Trinajstić information content (AvgIpc) is 3.46. The topological polar surface area (TPSA) is 83.0 Å². The minimum atomic E-state index is -0.556. The number of rotatable bonds is 5. The van der Waals surface area contributed by atoms with E-state index in [4.69, 9.17) is 4.74 Å². The maximum absolute atomic E-state index is 13.5. The number of amides is 1. The van der Waals surface area contributed by atoms with Crippen LogP contribution in [0.15, 0.2) is 76.9 Å². The molecule has 4 atom stereocenters. The van der Waals surface area contributed by atoms with Gasteiger partial charge in [-0.05, 0) is 30.0 Å². The number of thioether (sulfide) groups is 1. The van der Waals surface area contributed by atoms with Gasteiger partial charge >= 0.3 is 5.97 Å². The lowest BCUT2D eigenvalue weighted by atomic mass is 10.0. The maximum Gasteiger partial charge on any atom is 0.356 e. The first-order valence-electron chi connectivity index (χ1n) is 11.2. The summed E-state index contributed by atoms with van der Waals surface area (Å²) in [5.74, 6) is 0.714. The molecule has 7 nitrogen and oxygen atoms in total. The van der Waals surface area contributed by atoms with E-state index in [0.29, 0.717) is 29.5 Å². The number of fused-ring (bicyclic) bond motifs is 2. The van der Waals surface area contributed by atoms with E-state index >= 15 is 0 Å². The number of esters is 1. The maximum atomic E-state index is 13.5. The highest BCUT2D eigenvalue weighted by atomic mass is 32.2. The molecular weight excluding hydrogens is 436 g/mol. The van der Waals surface area contributed by atoms with Gasteiger partial charge in [0.05, 0.1) is 12.1 Å². The van der Waals surface area contributed by atoms with Crippen molar-refractivity contribution in [3.63, 3.8) is 0 Å². The van der Waals surface area contributed by atoms with Crippen LogP contribution in [0.4, 0.5) is 0 Å². The summed E-state index contributed by atoms with van der Waals surface area (Å²) in [5, 5.41) is 6.42. The number of carbonyl (C=O) groups is 2. The quantitative estimate of drug-likeness (QED) is 0.527. The highest BCUT2D eigenvalue weighted by Gasteiger charge is 2.55. The molecule has 0 radical (unpaired) electrons. The highest BCUT2D eigenvalue weighted by molar-refractivity contribution is 8.00. The van der Waals surface area contributed by atoms with Crippen LogP contribution >= 0.6 is 11.8 Å². The van der Waals surface area contributed by atoms with Gasteiger partial charge in [-0.1, -0.05) is 60.7 Å². The van der Waals surface area contributed by atoms with Crippen LogP contribution in [-0.4, -0.2) is 52.0 Å². The molecule has 3 heterocycles. The SMILES string of the molecule is CC1=C(C(=O)OC(c2ccccc2)c2ccccc2)N2C(=O)[C@@H](N=C3NC4CC4N3)C2SC1. The normalized spacial score (nSPS) is 27.3. The summed E-state index contributed by atoms with van der Waals surface area (Å²) in [6.07, 6.45) is 0.545. The van der Waals surface area contributed by atoms with Crippen molar-refractivity contribution in [3.8, 4) is 0 Å². The molecule has 6 rings (SSSR count). The Morgan fingerprint density at radius 2 is 1.67 bits per heavy atom. The largest absolute Gasteiger partial charge is 0.448 e. The second-order valence-electron chi connectivity index (χ2n) is 8.81. The number of hydrogen-bond acceptors (Lipinski definition) is 5. The summed E-state index contributed by atoms with van der Waals surface area (Å²) in [6.45, 7) is 1.89. The number of aliphatic imine (C=N–C) groups is 1. The Balaban J connectivity index is 1.24. The number of ether oxygens (including phenoxy) is 1. The van der Waals surface area contributed by atoms with E-state index in [1.54, 1.807) is 16.7 Å². The van der Waals surface area contributed by atoms with Crippen LogP contribution in [0.2, 0.25) is 0 Å². The molecule has 3 aliphatic heterocycles. The van der Waals surface area contributed by atoms with E-state index in [9.17, 15) is 9.59 Å². The summed E-state index contributed by atoms with van der Waals surface area (Å²) < 4.78 is 6.06. The van der Waals surface area contributed by atoms with Crippen molar-refractivity contribution >= 4 is 29.6 Å². The summed E-state index contributed by atoms with van der Waals surface area (Å²) in [5.41, 5.74) is 2.97. The van der Waals surface area contributed by atoms with Crippen LogP contribution in [0.5, 0.6) is 0 Å². The first-order chi connectivity index (χ1) is 16.1. The number of benzene rings is 2. The molecule has 2 N–H and O–H groups in total. The van der Waals surface area contributed by atoms with Crippen molar-refractivity contribution in [2.24, 2.45) is 4.99 Å². The Kier molecular flexibility index (Phi) is 4.90. The molecule has 2 aromatic carbocycles. The Morgan fingerprint density at radius 3 is 2.27 bits per heavy atom. The number of nitrogens with zero attached hydrogens (tertiary/aromatic N) is 2. The van der Waals surface area contributed by atoms with Gasteiger partial charge in [0.1, 0.15) is 11.1 Å². The Morgan fingerprint density at radius 1 is 1.06 bits per heavy atom. The van der Waals surface area contributed by atoms with Crippen molar-refractivity contribution < 1.29 is 14.3 Å². The molecule has 1 saturated carbocycles. The fourth-order valence-electron chi connectivity index (χ4n) is 4.60. The molecule has 4 aliphatic rings. The van der Waals surface area contributed by atoms with Gasteiger partial charge in [0.2, 0.25) is 0 Å². The molecular formula is C25H24N4O3S. The van der Waals surface area contributed by atoms with Crippen LogP contribution in [-0.2, 0) is 14.3 Å². The molecule has 8 heteroatoms. The lowest BCUT2D eigenvalue weighted by molar-refractivity contribution is -0.153. The van der Waals surface area contributed by atoms with E-state index in [2.05, 4.69) is 15.6 Å². The first kappa shape index (κ1) is 20.4. The van der Waals surface area contributed by atoms with Gasteiger partial charge in [-0.3, -0.25) is 9.69 Å². The molecule has 168 valence electrons. The molecule has 1 amide bonds. The molecule has 33 heavy (non-hydrogen) atoms. The van der Waals surface area contributed by atoms with Gasteiger partial charge in [-0.25, -0.2) is 9.79 Å². The van der Waals surface area contributed by atoms with Crippen molar-refractivity contribution in [2.45, 2.75) is 42.9 Å². The van der Waals surface area contributed by atoms with Crippen LogP contribution in [0.1, 0.15) is 30.6 Å². The second-order valence-corrected chi connectivity index (χ2v) is 9.91. The first-order valence-corrected chi connectivity index (χ1v) is 12.2. The van der Waals surface area contributed by atoms with E-state index < -0.39 is 18.1 Å². The van der Waals surface area contributed by atoms with Crippen molar-refractivity contribution in [3.05, 3.63) is 83.1 Å². The van der Waals surface area contributed by atoms with Crippen LogP contribution < -0.4 is 10.6 Å². The molecule has 3 unspecified atom stereocenters. The second kappa shape index (κ2) is 7.95. The van der Waals surface area contributed by atoms with E-state index in [1.807, 2.05) is 67.6 Å². The molecule has 2 saturated heterocycles. The average molecular weight is 461 g/mol. The molecule has 0 aromatic heterocycles. The van der Waals surface area contributed by atoms with Gasteiger partial charge in [0, 0.05) is 5.75 Å². The Bertz CT molecular complexity index is 1120. The molecule has 0 spiro atoms. The number of β-lactam (4-membered cyclic amide) rings is 1. The zero-order chi connectivity index (χ0) is 22.5.